The molecule has 0 aliphatic rings. The summed E-state index contributed by atoms with van der Waals surface area (Å²) >= 11 is 5.89. The summed E-state index contributed by atoms with van der Waals surface area (Å²) in [5, 5.41) is 6.86. The predicted octanol–water partition coefficient (Wildman–Crippen LogP) is 5.60. The Balaban J connectivity index is 1.22. The van der Waals surface area contributed by atoms with Gasteiger partial charge in [0, 0.05) is 5.02 Å². The van der Waals surface area contributed by atoms with Crippen molar-refractivity contribution < 1.29 is 14.3 Å². The lowest BCUT2D eigenvalue weighted by molar-refractivity contribution is -0.123. The Kier molecular flexibility index (Phi) is 7.00. The number of benzene rings is 4. The van der Waals surface area contributed by atoms with Crippen LogP contribution in [0.4, 0.5) is 0 Å². The third-order valence-electron chi connectivity index (χ3n) is 4.69. The summed E-state index contributed by atoms with van der Waals surface area (Å²) in [6.07, 6.45) is 1.57. The van der Waals surface area contributed by atoms with Crippen LogP contribution in [0.5, 0.6) is 11.5 Å². The Morgan fingerprint density at radius 3 is 2.34 bits per heavy atom. The van der Waals surface area contributed by atoms with Crippen molar-refractivity contribution in [2.75, 3.05) is 6.61 Å². The summed E-state index contributed by atoms with van der Waals surface area (Å²) in [5.74, 6) is 1.04. The van der Waals surface area contributed by atoms with E-state index in [1.807, 2.05) is 91.0 Å². The smallest absolute Gasteiger partial charge is 0.277 e. The first-order valence-electron chi connectivity index (χ1n) is 10.1. The molecule has 1 amide bonds. The minimum atomic E-state index is -0.336. The van der Waals surface area contributed by atoms with Crippen molar-refractivity contribution in [3.8, 4) is 11.5 Å². The molecule has 0 atom stereocenters. The highest BCUT2D eigenvalue weighted by Crippen LogP contribution is 2.20. The Morgan fingerprint density at radius 2 is 1.56 bits per heavy atom. The summed E-state index contributed by atoms with van der Waals surface area (Å²) in [6.45, 7) is 0.338. The highest BCUT2D eigenvalue weighted by atomic mass is 35.5. The van der Waals surface area contributed by atoms with Gasteiger partial charge in [0.2, 0.25) is 0 Å². The highest BCUT2D eigenvalue weighted by Gasteiger charge is 2.03. The van der Waals surface area contributed by atoms with E-state index in [1.54, 1.807) is 6.21 Å². The maximum absolute atomic E-state index is 12.0. The van der Waals surface area contributed by atoms with Gasteiger partial charge in [0.1, 0.15) is 18.1 Å². The molecule has 160 valence electrons. The van der Waals surface area contributed by atoms with Crippen LogP contribution in [0.1, 0.15) is 11.1 Å². The van der Waals surface area contributed by atoms with Crippen molar-refractivity contribution in [3.63, 3.8) is 0 Å². The molecule has 1 N–H and O–H groups in total. The standard InChI is InChI=1S/C26H21ClN2O3/c27-23-10-5-20(6-11-23)17-31-24-12-7-19(8-13-24)16-28-29-26(30)18-32-25-14-9-21-3-1-2-4-22(21)15-25/h1-16H,17-18H2,(H,29,30)/b28-16+. The van der Waals surface area contributed by atoms with Crippen LogP contribution in [-0.4, -0.2) is 18.7 Å². The third kappa shape index (κ3) is 6.09. The first kappa shape index (κ1) is 21.4. The minimum Gasteiger partial charge on any atom is -0.489 e. The lowest BCUT2D eigenvalue weighted by Gasteiger charge is -2.07. The molecule has 0 aliphatic carbocycles. The van der Waals surface area contributed by atoms with Crippen molar-refractivity contribution in [1.82, 2.24) is 5.43 Å². The van der Waals surface area contributed by atoms with E-state index in [1.165, 1.54) is 0 Å². The maximum atomic E-state index is 12.0. The van der Waals surface area contributed by atoms with Crippen molar-refractivity contribution in [1.29, 1.82) is 0 Å². The van der Waals surface area contributed by atoms with E-state index in [4.69, 9.17) is 21.1 Å². The summed E-state index contributed by atoms with van der Waals surface area (Å²) in [6, 6.07) is 28.6. The third-order valence-corrected chi connectivity index (χ3v) is 4.94. The van der Waals surface area contributed by atoms with Crippen LogP contribution in [0.15, 0.2) is 96.1 Å². The van der Waals surface area contributed by atoms with Gasteiger partial charge in [0.25, 0.3) is 5.91 Å². The molecule has 0 bridgehead atoms. The van der Waals surface area contributed by atoms with Crippen LogP contribution in [-0.2, 0) is 11.4 Å². The molecule has 0 spiro atoms. The number of rotatable bonds is 8. The van der Waals surface area contributed by atoms with Crippen LogP contribution in [0.3, 0.4) is 0 Å². The molecule has 0 aliphatic heterocycles. The van der Waals surface area contributed by atoms with Gasteiger partial charge in [-0.1, -0.05) is 54.1 Å². The van der Waals surface area contributed by atoms with E-state index < -0.39 is 0 Å². The summed E-state index contributed by atoms with van der Waals surface area (Å²) < 4.78 is 11.3. The molecule has 0 saturated heterocycles. The number of ether oxygens (including phenoxy) is 2. The number of carbonyl (C=O) groups excluding carboxylic acids is 1. The van der Waals surface area contributed by atoms with Crippen LogP contribution in [0.25, 0.3) is 10.8 Å². The lowest BCUT2D eigenvalue weighted by Crippen LogP contribution is -2.24. The number of hydrazone groups is 1. The van der Waals surface area contributed by atoms with Crippen LogP contribution >= 0.6 is 11.6 Å². The Hall–Kier alpha value is -3.83. The summed E-state index contributed by atoms with van der Waals surface area (Å²) in [4.78, 5) is 12.0. The van der Waals surface area contributed by atoms with E-state index in [2.05, 4.69) is 10.5 Å². The number of nitrogens with one attached hydrogen (secondary N) is 1. The zero-order valence-electron chi connectivity index (χ0n) is 17.2. The molecule has 0 unspecified atom stereocenters. The minimum absolute atomic E-state index is 0.118. The zero-order valence-corrected chi connectivity index (χ0v) is 18.0. The first-order chi connectivity index (χ1) is 15.7. The molecule has 0 radical (unpaired) electrons. The number of nitrogens with zero attached hydrogens (tertiary/aromatic N) is 1. The van der Waals surface area contributed by atoms with Gasteiger partial charge in [-0.25, -0.2) is 5.43 Å². The normalized spacial score (nSPS) is 10.9. The van der Waals surface area contributed by atoms with Gasteiger partial charge in [0.15, 0.2) is 6.61 Å². The molecule has 0 aromatic heterocycles. The van der Waals surface area contributed by atoms with Gasteiger partial charge < -0.3 is 9.47 Å². The fourth-order valence-corrected chi connectivity index (χ4v) is 3.14. The average Bonchev–Trinajstić information content (AvgIpc) is 2.83. The van der Waals surface area contributed by atoms with E-state index in [0.29, 0.717) is 17.4 Å². The first-order valence-corrected chi connectivity index (χ1v) is 10.4. The zero-order chi connectivity index (χ0) is 22.2. The van der Waals surface area contributed by atoms with Gasteiger partial charge in [-0.15, -0.1) is 0 Å². The largest absolute Gasteiger partial charge is 0.489 e. The molecule has 6 heteroatoms. The van der Waals surface area contributed by atoms with Crippen molar-refractivity contribution in [3.05, 3.63) is 107 Å². The van der Waals surface area contributed by atoms with Crippen molar-refractivity contribution >= 4 is 34.5 Å². The van der Waals surface area contributed by atoms with Gasteiger partial charge in [-0.05, 0) is 70.4 Å². The second-order valence-electron chi connectivity index (χ2n) is 7.07. The van der Waals surface area contributed by atoms with Crippen LogP contribution < -0.4 is 14.9 Å². The molecule has 0 saturated carbocycles. The second kappa shape index (κ2) is 10.5. The fraction of sp³-hybridized carbons (Fsp3) is 0.0769. The van der Waals surface area contributed by atoms with Gasteiger partial charge in [0.05, 0.1) is 6.21 Å². The summed E-state index contributed by atoms with van der Waals surface area (Å²) in [7, 11) is 0. The molecule has 0 heterocycles. The molecule has 4 aromatic carbocycles. The van der Waals surface area contributed by atoms with E-state index >= 15 is 0 Å². The number of halogens is 1. The van der Waals surface area contributed by atoms with E-state index in [-0.39, 0.29) is 12.5 Å². The molecule has 5 nitrogen and oxygen atoms in total. The molecule has 4 aromatic rings. The Labute approximate surface area is 191 Å². The van der Waals surface area contributed by atoms with E-state index in [0.717, 1.165) is 27.6 Å². The number of carbonyl (C=O) groups is 1. The number of fused-ring (bicyclic) bond motifs is 1. The van der Waals surface area contributed by atoms with E-state index in [9.17, 15) is 4.79 Å². The fourth-order valence-electron chi connectivity index (χ4n) is 3.01. The van der Waals surface area contributed by atoms with Gasteiger partial charge in [-0.2, -0.15) is 5.10 Å². The molecular weight excluding hydrogens is 424 g/mol. The quantitative estimate of drug-likeness (QED) is 0.284. The maximum Gasteiger partial charge on any atom is 0.277 e. The van der Waals surface area contributed by atoms with Crippen molar-refractivity contribution in [2.24, 2.45) is 5.10 Å². The number of amides is 1. The van der Waals surface area contributed by atoms with Crippen LogP contribution in [0.2, 0.25) is 5.02 Å². The second-order valence-corrected chi connectivity index (χ2v) is 7.51. The summed E-state index contributed by atoms with van der Waals surface area (Å²) in [5.41, 5.74) is 4.34. The SMILES string of the molecule is O=C(COc1ccc2ccccc2c1)N/N=C/c1ccc(OCc2ccc(Cl)cc2)cc1. The lowest BCUT2D eigenvalue weighted by atomic mass is 10.1. The number of hydrogen-bond donors (Lipinski definition) is 1. The Morgan fingerprint density at radius 1 is 0.844 bits per heavy atom. The van der Waals surface area contributed by atoms with Crippen LogP contribution in [0, 0.1) is 0 Å². The van der Waals surface area contributed by atoms with Gasteiger partial charge in [-0.3, -0.25) is 4.79 Å². The molecule has 0 fully saturated rings. The molecule has 32 heavy (non-hydrogen) atoms. The topological polar surface area (TPSA) is 59.9 Å². The molecule has 4 rings (SSSR count). The monoisotopic (exact) mass is 444 g/mol. The predicted molar refractivity (Wildman–Crippen MR) is 127 cm³/mol. The molecular formula is C26H21ClN2O3. The van der Waals surface area contributed by atoms with Gasteiger partial charge >= 0.3 is 0 Å². The highest BCUT2D eigenvalue weighted by molar-refractivity contribution is 6.30. The van der Waals surface area contributed by atoms with Crippen molar-refractivity contribution in [2.45, 2.75) is 6.61 Å². The average molecular weight is 445 g/mol. The Bertz CT molecular complexity index is 1220. The number of hydrogen-bond acceptors (Lipinski definition) is 4.